The Bertz CT molecular complexity index is 1500. The zero-order chi connectivity index (χ0) is 25.1. The van der Waals surface area contributed by atoms with E-state index in [0.29, 0.717) is 21.3 Å². The second-order valence-electron chi connectivity index (χ2n) is 8.57. The molecule has 0 spiro atoms. The maximum Gasteiger partial charge on any atom is 0.262 e. The zero-order valence-corrected chi connectivity index (χ0v) is 22.3. The number of ether oxygens (including phenoxy) is 1. The van der Waals surface area contributed by atoms with Gasteiger partial charge in [0.15, 0.2) is 0 Å². The van der Waals surface area contributed by atoms with E-state index in [4.69, 9.17) is 9.72 Å². The van der Waals surface area contributed by atoms with Gasteiger partial charge in [-0.1, -0.05) is 60.7 Å². The number of aryl methyl sites for hydroxylation is 1. The Balaban J connectivity index is 1.63. The molecule has 5 rings (SSSR count). The van der Waals surface area contributed by atoms with Gasteiger partial charge in [-0.25, -0.2) is 4.98 Å². The fourth-order valence-electron chi connectivity index (χ4n) is 4.55. The molecule has 5 nitrogen and oxygen atoms in total. The highest BCUT2D eigenvalue weighted by Crippen LogP contribution is 2.30. The highest BCUT2D eigenvalue weighted by atomic mass is 127. The molecule has 0 N–H and O–H groups in total. The Morgan fingerprint density at radius 2 is 1.44 bits per heavy atom. The molecule has 180 valence electrons. The molecule has 36 heavy (non-hydrogen) atoms. The van der Waals surface area contributed by atoms with Crippen molar-refractivity contribution in [2.75, 3.05) is 16.6 Å². The Labute approximate surface area is 224 Å². The minimum Gasteiger partial charge on any atom is -0.483 e. The molecule has 0 amide bonds. The quantitative estimate of drug-likeness (QED) is 0.154. The highest BCUT2D eigenvalue weighted by Gasteiger charge is 2.21. The molecule has 0 atom stereocenters. The van der Waals surface area contributed by atoms with Crippen LogP contribution in [0.4, 0.5) is 11.4 Å². The van der Waals surface area contributed by atoms with Crippen LogP contribution in [0.25, 0.3) is 10.9 Å². The Hall–Kier alpha value is -3.65. The van der Waals surface area contributed by atoms with Crippen LogP contribution in [0.3, 0.4) is 0 Å². The van der Waals surface area contributed by atoms with E-state index in [1.54, 1.807) is 0 Å². The van der Waals surface area contributed by atoms with Gasteiger partial charge in [-0.15, -0.1) is 0 Å². The number of hydrogen-bond donors (Lipinski definition) is 0. The number of fused-ring (bicyclic) bond motifs is 1. The van der Waals surface area contributed by atoms with Crippen LogP contribution in [-0.4, -0.2) is 21.2 Å². The van der Waals surface area contributed by atoms with Crippen LogP contribution in [0.1, 0.15) is 23.0 Å². The third kappa shape index (κ3) is 4.73. The van der Waals surface area contributed by atoms with E-state index < -0.39 is 0 Å². The number of halogens is 1. The van der Waals surface area contributed by atoms with Crippen molar-refractivity contribution in [1.29, 1.82) is 0 Å². The lowest BCUT2D eigenvalue weighted by Gasteiger charge is -2.24. The molecule has 0 aliphatic heterocycles. The summed E-state index contributed by atoms with van der Waals surface area (Å²) in [6.07, 6.45) is 0. The van der Waals surface area contributed by atoms with Crippen molar-refractivity contribution >= 4 is 44.9 Å². The molecule has 1 heterocycles. The lowest BCUT2D eigenvalue weighted by molar-refractivity contribution is 0.404. The predicted molar refractivity (Wildman–Crippen MR) is 155 cm³/mol. The van der Waals surface area contributed by atoms with E-state index >= 15 is 0 Å². The number of alkyl halides is 1. The third-order valence-electron chi connectivity index (χ3n) is 6.38. The summed E-state index contributed by atoms with van der Waals surface area (Å²) in [5.41, 5.74) is 4.62. The smallest absolute Gasteiger partial charge is 0.262 e. The van der Waals surface area contributed by atoms with E-state index in [1.807, 2.05) is 97.4 Å². The van der Waals surface area contributed by atoms with Crippen LogP contribution in [0.2, 0.25) is 0 Å². The number of nitrogens with zero attached hydrogens (tertiary/aromatic N) is 3. The van der Waals surface area contributed by atoms with Gasteiger partial charge in [-0.3, -0.25) is 9.36 Å². The molecule has 6 heteroatoms. The van der Waals surface area contributed by atoms with Crippen LogP contribution in [-0.2, 0) is 0 Å². The molecule has 5 aromatic rings. The first-order valence-corrected chi connectivity index (χ1v) is 13.2. The van der Waals surface area contributed by atoms with Crippen LogP contribution >= 0.6 is 22.6 Å². The fraction of sp³-hybridized carbons (Fsp3) is 0.133. The molecule has 4 aromatic carbocycles. The molecule has 0 aliphatic carbocycles. The first-order valence-electron chi connectivity index (χ1n) is 11.7. The van der Waals surface area contributed by atoms with Crippen molar-refractivity contribution in [1.82, 2.24) is 9.55 Å². The van der Waals surface area contributed by atoms with Gasteiger partial charge in [0.05, 0.1) is 16.9 Å². The summed E-state index contributed by atoms with van der Waals surface area (Å²) in [4.78, 5) is 21.0. The molecular weight excluding hydrogens is 561 g/mol. The summed E-state index contributed by atoms with van der Waals surface area (Å²) in [5, 5.41) is 0.590. The van der Waals surface area contributed by atoms with Crippen LogP contribution < -0.4 is 15.2 Å². The normalized spacial score (nSPS) is 11.1. The lowest BCUT2D eigenvalue weighted by Crippen LogP contribution is -2.29. The summed E-state index contributed by atoms with van der Waals surface area (Å²) in [7, 11) is 1.99. The van der Waals surface area contributed by atoms with Gasteiger partial charge in [0, 0.05) is 18.4 Å². The fourth-order valence-corrected chi connectivity index (χ4v) is 4.91. The van der Waals surface area contributed by atoms with Crippen molar-refractivity contribution in [3.8, 4) is 5.75 Å². The largest absolute Gasteiger partial charge is 0.483 e. The van der Waals surface area contributed by atoms with E-state index in [2.05, 4.69) is 51.8 Å². The predicted octanol–water partition coefficient (Wildman–Crippen LogP) is 6.88. The lowest BCUT2D eigenvalue weighted by atomic mass is 9.98. The van der Waals surface area contributed by atoms with E-state index in [0.717, 1.165) is 28.3 Å². The van der Waals surface area contributed by atoms with Crippen molar-refractivity contribution in [2.24, 2.45) is 0 Å². The molecule has 0 saturated heterocycles. The number of aromatic nitrogens is 2. The Morgan fingerprint density at radius 1 is 0.861 bits per heavy atom. The first-order chi connectivity index (χ1) is 17.6. The van der Waals surface area contributed by atoms with Crippen LogP contribution in [0.5, 0.6) is 5.75 Å². The van der Waals surface area contributed by atoms with Crippen molar-refractivity contribution in [2.45, 2.75) is 13.0 Å². The number of hydrogen-bond acceptors (Lipinski definition) is 4. The molecule has 0 aliphatic rings. The third-order valence-corrected chi connectivity index (χ3v) is 6.69. The van der Waals surface area contributed by atoms with Gasteiger partial charge in [0.25, 0.3) is 5.56 Å². The topological polar surface area (TPSA) is 47.4 Å². The molecule has 0 saturated carbocycles. The standard InChI is InChI=1S/C30H26IN3O2/c1-21-32-28-18-15-25(33(2)24-13-16-26(17-14-24)36-20-31)19-27(28)30(35)34(21)29(22-9-5-3-6-10-22)23-11-7-4-8-12-23/h3-19,29H,20H2,1-2H3. The van der Waals surface area contributed by atoms with Crippen LogP contribution in [0.15, 0.2) is 108 Å². The van der Waals surface area contributed by atoms with Crippen molar-refractivity contribution < 1.29 is 4.74 Å². The van der Waals surface area contributed by atoms with Gasteiger partial charge < -0.3 is 9.64 Å². The van der Waals surface area contributed by atoms with Crippen molar-refractivity contribution in [3.63, 3.8) is 0 Å². The Kier molecular flexibility index (Phi) is 7.04. The summed E-state index contributed by atoms with van der Waals surface area (Å²) in [5.74, 6) is 1.51. The molecule has 0 unspecified atom stereocenters. The monoisotopic (exact) mass is 587 g/mol. The summed E-state index contributed by atoms with van der Waals surface area (Å²) in [6, 6.07) is 33.7. The van der Waals surface area contributed by atoms with E-state index in [9.17, 15) is 4.79 Å². The van der Waals surface area contributed by atoms with Crippen molar-refractivity contribution in [3.05, 3.63) is 130 Å². The second kappa shape index (κ2) is 10.5. The number of anilines is 2. The summed E-state index contributed by atoms with van der Waals surface area (Å²) in [6.45, 7) is 1.90. The SMILES string of the molecule is Cc1nc2ccc(N(C)c3ccc(OCI)cc3)cc2c(=O)n1C(c1ccccc1)c1ccccc1. The number of benzene rings is 4. The highest BCUT2D eigenvalue weighted by molar-refractivity contribution is 14.1. The van der Waals surface area contributed by atoms with Gasteiger partial charge in [-0.2, -0.15) is 0 Å². The molecule has 0 fully saturated rings. The molecular formula is C30H26IN3O2. The maximum atomic E-state index is 14.1. The average Bonchev–Trinajstić information content (AvgIpc) is 2.92. The molecule has 0 bridgehead atoms. The first kappa shape index (κ1) is 24.1. The minimum atomic E-state index is -0.274. The Morgan fingerprint density at radius 3 is 2.03 bits per heavy atom. The molecule has 0 radical (unpaired) electrons. The number of rotatable bonds is 7. The summed E-state index contributed by atoms with van der Waals surface area (Å²) >= 11 is 2.18. The van der Waals surface area contributed by atoms with E-state index in [-0.39, 0.29) is 11.6 Å². The molecule has 1 aromatic heterocycles. The zero-order valence-electron chi connectivity index (χ0n) is 20.1. The van der Waals surface area contributed by atoms with Crippen LogP contribution in [0, 0.1) is 6.92 Å². The van der Waals surface area contributed by atoms with Gasteiger partial charge in [0.1, 0.15) is 16.2 Å². The van der Waals surface area contributed by atoms with E-state index in [1.165, 1.54) is 0 Å². The van der Waals surface area contributed by atoms with Gasteiger partial charge in [-0.05, 0) is 83.1 Å². The van der Waals surface area contributed by atoms with Gasteiger partial charge in [0.2, 0.25) is 0 Å². The second-order valence-corrected chi connectivity index (χ2v) is 9.19. The summed E-state index contributed by atoms with van der Waals surface area (Å²) < 4.78 is 7.97. The minimum absolute atomic E-state index is 0.0590. The van der Waals surface area contributed by atoms with Gasteiger partial charge >= 0.3 is 0 Å². The average molecular weight is 587 g/mol. The maximum absolute atomic E-state index is 14.1.